The Hall–Kier alpha value is -1.59. The van der Waals surface area contributed by atoms with Gasteiger partial charge in [-0.25, -0.2) is 0 Å². The molecule has 6 heteroatoms. The van der Waals surface area contributed by atoms with Gasteiger partial charge in [-0.15, -0.1) is 0 Å². The largest absolute Gasteiger partial charge is 0.354 e. The highest BCUT2D eigenvalue weighted by molar-refractivity contribution is 5.85. The van der Waals surface area contributed by atoms with Gasteiger partial charge in [0.1, 0.15) is 0 Å². The molecular formula is C23H37N3O3. The predicted octanol–water partition coefficient (Wildman–Crippen LogP) is 2.62. The molecule has 0 atom stereocenters. The van der Waals surface area contributed by atoms with Crippen LogP contribution in [0.3, 0.4) is 0 Å². The van der Waals surface area contributed by atoms with Gasteiger partial charge in [-0.05, 0) is 74.5 Å². The Labute approximate surface area is 174 Å². The number of nitrogens with zero attached hydrogens (tertiary/aromatic N) is 1. The van der Waals surface area contributed by atoms with E-state index in [9.17, 15) is 14.4 Å². The van der Waals surface area contributed by atoms with Gasteiger partial charge >= 0.3 is 0 Å². The number of carbonyl (C=O) groups is 3. The molecule has 29 heavy (non-hydrogen) atoms. The van der Waals surface area contributed by atoms with Crippen molar-refractivity contribution in [2.24, 2.45) is 23.2 Å². The molecule has 0 spiro atoms. The van der Waals surface area contributed by atoms with Crippen LogP contribution < -0.4 is 10.6 Å². The van der Waals surface area contributed by atoms with E-state index in [1.54, 1.807) is 0 Å². The normalized spacial score (nSPS) is 33.2. The van der Waals surface area contributed by atoms with Gasteiger partial charge in [0.05, 0.1) is 6.54 Å². The summed E-state index contributed by atoms with van der Waals surface area (Å²) in [4.78, 5) is 38.8. The molecule has 4 saturated carbocycles. The summed E-state index contributed by atoms with van der Waals surface area (Å²) in [6, 6.07) is 0. The number of nitrogens with one attached hydrogen (secondary N) is 2. The lowest BCUT2D eigenvalue weighted by Crippen LogP contribution is -2.48. The second-order valence-corrected chi connectivity index (χ2v) is 10.3. The molecule has 1 saturated heterocycles. The van der Waals surface area contributed by atoms with E-state index in [0.717, 1.165) is 43.7 Å². The first-order valence-corrected chi connectivity index (χ1v) is 11.8. The maximum Gasteiger partial charge on any atom is 0.239 e. The number of hydrogen-bond donors (Lipinski definition) is 2. The van der Waals surface area contributed by atoms with E-state index in [1.807, 2.05) is 4.90 Å². The minimum absolute atomic E-state index is 0.0164. The second kappa shape index (κ2) is 9.05. The summed E-state index contributed by atoms with van der Waals surface area (Å²) in [5.41, 5.74) is 0.203. The Balaban J connectivity index is 1.13. The highest BCUT2D eigenvalue weighted by Crippen LogP contribution is 2.61. The summed E-state index contributed by atoms with van der Waals surface area (Å²) in [6.07, 6.45) is 13.2. The number of hydrogen-bond acceptors (Lipinski definition) is 3. The molecule has 4 aliphatic carbocycles. The summed E-state index contributed by atoms with van der Waals surface area (Å²) in [6.45, 7) is 2.04. The van der Waals surface area contributed by atoms with Gasteiger partial charge in [-0.2, -0.15) is 0 Å². The van der Waals surface area contributed by atoms with Crippen LogP contribution in [-0.2, 0) is 14.4 Å². The lowest BCUT2D eigenvalue weighted by molar-refractivity contribution is -0.133. The van der Waals surface area contributed by atoms with Gasteiger partial charge in [0.15, 0.2) is 0 Å². The second-order valence-electron chi connectivity index (χ2n) is 10.3. The van der Waals surface area contributed by atoms with Gasteiger partial charge in [-0.1, -0.05) is 12.8 Å². The van der Waals surface area contributed by atoms with Crippen molar-refractivity contribution in [3.8, 4) is 0 Å². The zero-order valence-corrected chi connectivity index (χ0v) is 17.7. The summed E-state index contributed by atoms with van der Waals surface area (Å²) < 4.78 is 0. The Morgan fingerprint density at radius 1 is 0.793 bits per heavy atom. The third-order valence-corrected chi connectivity index (χ3v) is 7.77. The Morgan fingerprint density at radius 2 is 1.38 bits per heavy atom. The fraction of sp³-hybridized carbons (Fsp3) is 0.870. The standard InChI is InChI=1S/C23H37N3O3/c27-20(15-23-12-17-9-18(13-23)11-19(10-17)14-23)25-16-21(28)24-6-5-22(29)26-7-3-1-2-4-8-26/h17-19H,1-16H2,(H,24,28)(H,25,27). The Kier molecular flexibility index (Phi) is 6.45. The molecule has 0 unspecified atom stereocenters. The van der Waals surface area contributed by atoms with Crippen molar-refractivity contribution in [2.75, 3.05) is 26.2 Å². The molecule has 5 rings (SSSR count). The molecule has 4 bridgehead atoms. The number of rotatable bonds is 7. The molecule has 5 fully saturated rings. The van der Waals surface area contributed by atoms with Crippen molar-refractivity contribution in [3.05, 3.63) is 0 Å². The van der Waals surface area contributed by atoms with Crippen molar-refractivity contribution in [3.63, 3.8) is 0 Å². The highest BCUT2D eigenvalue weighted by Gasteiger charge is 2.51. The summed E-state index contributed by atoms with van der Waals surface area (Å²) >= 11 is 0. The Morgan fingerprint density at radius 3 is 1.97 bits per heavy atom. The molecule has 0 aromatic rings. The fourth-order valence-electron chi connectivity index (χ4n) is 6.94. The molecule has 1 aliphatic heterocycles. The number of likely N-dealkylation sites (tertiary alicyclic amines) is 1. The van der Waals surface area contributed by atoms with E-state index in [-0.39, 0.29) is 29.7 Å². The molecule has 5 aliphatic rings. The van der Waals surface area contributed by atoms with Gasteiger partial charge < -0.3 is 15.5 Å². The average molecular weight is 404 g/mol. The van der Waals surface area contributed by atoms with Crippen LogP contribution in [0.2, 0.25) is 0 Å². The first-order chi connectivity index (χ1) is 14.0. The topological polar surface area (TPSA) is 78.5 Å². The lowest BCUT2D eigenvalue weighted by Gasteiger charge is -2.56. The van der Waals surface area contributed by atoms with E-state index >= 15 is 0 Å². The lowest BCUT2D eigenvalue weighted by atomic mass is 9.49. The van der Waals surface area contributed by atoms with Crippen LogP contribution in [-0.4, -0.2) is 48.8 Å². The monoisotopic (exact) mass is 403 g/mol. The SMILES string of the molecule is O=C(CNC(=O)CC12CC3CC(CC(C3)C1)C2)NCCC(=O)N1CCCCCC1. The summed E-state index contributed by atoms with van der Waals surface area (Å²) in [5, 5.41) is 5.60. The molecule has 0 radical (unpaired) electrons. The number of carbonyl (C=O) groups excluding carboxylic acids is 3. The fourth-order valence-corrected chi connectivity index (χ4v) is 6.94. The zero-order valence-electron chi connectivity index (χ0n) is 17.7. The van der Waals surface area contributed by atoms with Crippen LogP contribution in [0.1, 0.15) is 77.0 Å². The number of amides is 3. The molecule has 162 valence electrons. The molecule has 6 nitrogen and oxygen atoms in total. The van der Waals surface area contributed by atoms with Crippen molar-refractivity contribution in [1.82, 2.24) is 15.5 Å². The van der Waals surface area contributed by atoms with Crippen LogP contribution in [0.4, 0.5) is 0 Å². The minimum atomic E-state index is -0.201. The van der Waals surface area contributed by atoms with Crippen molar-refractivity contribution in [1.29, 1.82) is 0 Å². The smallest absolute Gasteiger partial charge is 0.239 e. The molecule has 1 heterocycles. The third kappa shape index (κ3) is 5.32. The van der Waals surface area contributed by atoms with Gasteiger partial charge in [-0.3, -0.25) is 14.4 Å². The minimum Gasteiger partial charge on any atom is -0.354 e. The molecule has 0 aromatic heterocycles. The Bertz CT molecular complexity index is 590. The first-order valence-electron chi connectivity index (χ1n) is 11.8. The van der Waals surface area contributed by atoms with Crippen LogP contribution in [0.15, 0.2) is 0 Å². The van der Waals surface area contributed by atoms with Crippen LogP contribution in [0.5, 0.6) is 0 Å². The molecule has 0 aromatic carbocycles. The van der Waals surface area contributed by atoms with Gasteiger partial charge in [0.25, 0.3) is 0 Å². The van der Waals surface area contributed by atoms with E-state index in [4.69, 9.17) is 0 Å². The van der Waals surface area contributed by atoms with E-state index in [2.05, 4.69) is 10.6 Å². The highest BCUT2D eigenvalue weighted by atomic mass is 16.2. The molecule has 3 amide bonds. The first kappa shape index (κ1) is 20.7. The van der Waals surface area contributed by atoms with E-state index in [0.29, 0.717) is 19.4 Å². The zero-order chi connectivity index (χ0) is 20.3. The van der Waals surface area contributed by atoms with Crippen molar-refractivity contribution < 1.29 is 14.4 Å². The van der Waals surface area contributed by atoms with Crippen LogP contribution >= 0.6 is 0 Å². The summed E-state index contributed by atoms with van der Waals surface area (Å²) in [5.74, 6) is 2.44. The van der Waals surface area contributed by atoms with Crippen molar-refractivity contribution >= 4 is 17.7 Å². The quantitative estimate of drug-likeness (QED) is 0.686. The molecule has 2 N–H and O–H groups in total. The van der Waals surface area contributed by atoms with Gasteiger partial charge in [0, 0.05) is 32.5 Å². The van der Waals surface area contributed by atoms with Crippen LogP contribution in [0.25, 0.3) is 0 Å². The van der Waals surface area contributed by atoms with Crippen molar-refractivity contribution in [2.45, 2.75) is 77.0 Å². The van der Waals surface area contributed by atoms with E-state index in [1.165, 1.54) is 51.4 Å². The third-order valence-electron chi connectivity index (χ3n) is 7.77. The summed E-state index contributed by atoms with van der Waals surface area (Å²) in [7, 11) is 0. The van der Waals surface area contributed by atoms with Crippen LogP contribution in [0, 0.1) is 23.2 Å². The predicted molar refractivity (Wildman–Crippen MR) is 111 cm³/mol. The van der Waals surface area contributed by atoms with Gasteiger partial charge in [0.2, 0.25) is 17.7 Å². The maximum absolute atomic E-state index is 12.5. The molecular weight excluding hydrogens is 366 g/mol. The van der Waals surface area contributed by atoms with E-state index < -0.39 is 0 Å². The maximum atomic E-state index is 12.5. The average Bonchev–Trinajstić information content (AvgIpc) is 2.94.